The highest BCUT2D eigenvalue weighted by atomic mass is 35.5. The third kappa shape index (κ3) is 5.01. The molecule has 2 atom stereocenters. The monoisotopic (exact) mass is 529 g/mol. The number of para-hydroxylation sites is 1. The predicted molar refractivity (Wildman–Crippen MR) is 120 cm³/mol. The van der Waals surface area contributed by atoms with Gasteiger partial charge >= 0.3 is 12.5 Å². The highest BCUT2D eigenvalue weighted by molar-refractivity contribution is 6.30. The zero-order valence-corrected chi connectivity index (χ0v) is 19.0. The van der Waals surface area contributed by atoms with Crippen LogP contribution < -0.4 is 9.64 Å². The van der Waals surface area contributed by atoms with Crippen molar-refractivity contribution in [3.63, 3.8) is 0 Å². The van der Waals surface area contributed by atoms with Crippen molar-refractivity contribution in [3.8, 4) is 5.75 Å². The number of anilines is 1. The molecule has 1 aliphatic rings. The summed E-state index contributed by atoms with van der Waals surface area (Å²) in [7, 11) is 0. The molecule has 0 spiro atoms. The molecule has 0 radical (unpaired) electrons. The summed E-state index contributed by atoms with van der Waals surface area (Å²) < 4.78 is 81.9. The second-order valence-corrected chi connectivity index (χ2v) is 8.71. The van der Waals surface area contributed by atoms with E-state index in [4.69, 9.17) is 11.6 Å². The lowest BCUT2D eigenvalue weighted by Gasteiger charge is -2.31. The van der Waals surface area contributed by atoms with Crippen LogP contribution in [0, 0.1) is 0 Å². The summed E-state index contributed by atoms with van der Waals surface area (Å²) in [4.78, 5) is 14.8. The van der Waals surface area contributed by atoms with Gasteiger partial charge in [0.1, 0.15) is 11.2 Å². The number of alkyl halides is 6. The van der Waals surface area contributed by atoms with Gasteiger partial charge in [-0.2, -0.15) is 13.2 Å². The molecule has 0 aliphatic carbocycles. The van der Waals surface area contributed by atoms with E-state index in [-0.39, 0.29) is 22.7 Å². The zero-order chi connectivity index (χ0) is 26.3. The lowest BCUT2D eigenvalue weighted by Crippen LogP contribution is -2.48. The van der Waals surface area contributed by atoms with Gasteiger partial charge in [0, 0.05) is 10.7 Å². The Morgan fingerprint density at radius 2 is 1.64 bits per heavy atom. The average Bonchev–Trinajstić information content (AvgIpc) is 3.01. The summed E-state index contributed by atoms with van der Waals surface area (Å²) in [5.41, 5.74) is -0.567. The van der Waals surface area contributed by atoms with E-state index >= 15 is 0 Å². The van der Waals surface area contributed by atoms with Crippen LogP contribution in [0.15, 0.2) is 72.8 Å². The minimum Gasteiger partial charge on any atom is -0.406 e. The molecule has 36 heavy (non-hydrogen) atoms. The molecule has 0 saturated heterocycles. The van der Waals surface area contributed by atoms with Gasteiger partial charge in [0.05, 0.1) is 6.54 Å². The maximum Gasteiger partial charge on any atom is 0.573 e. The smallest absolute Gasteiger partial charge is 0.406 e. The Balaban J connectivity index is 1.87. The standard InChI is InChI=1S/C25H18ClF6NO3/c26-17-7-4-6-16(12-17)23(13-15-5-3-8-18(11-15)36-25(30,31)32)19-9-1-2-10-20(19)33(22(23)35)14-21(34)24(27,28)29/h1-12,21,34H,13-14H2/t21-,23?/m1/s1. The molecule has 0 bridgehead atoms. The summed E-state index contributed by atoms with van der Waals surface area (Å²) in [6, 6.07) is 17.3. The number of amides is 1. The summed E-state index contributed by atoms with van der Waals surface area (Å²) in [5, 5.41) is 10.00. The number of hydrogen-bond acceptors (Lipinski definition) is 3. The average molecular weight is 530 g/mol. The number of carbonyl (C=O) groups excluding carboxylic acids is 1. The van der Waals surface area contributed by atoms with Crippen molar-refractivity contribution in [1.82, 2.24) is 0 Å². The van der Waals surface area contributed by atoms with Crippen LogP contribution in [0.3, 0.4) is 0 Å². The summed E-state index contributed by atoms with van der Waals surface area (Å²) >= 11 is 6.18. The summed E-state index contributed by atoms with van der Waals surface area (Å²) in [6.07, 6.45) is -12.9. The normalized spacial score (nSPS) is 18.8. The van der Waals surface area contributed by atoms with Crippen LogP contribution in [0.2, 0.25) is 5.02 Å². The van der Waals surface area contributed by atoms with Crippen LogP contribution in [0.5, 0.6) is 5.75 Å². The molecule has 1 aliphatic heterocycles. The lowest BCUT2D eigenvalue weighted by atomic mass is 9.71. The first-order valence-electron chi connectivity index (χ1n) is 10.6. The maximum atomic E-state index is 14.0. The fraction of sp³-hybridized carbons (Fsp3) is 0.240. The minimum absolute atomic E-state index is 0.147. The van der Waals surface area contributed by atoms with E-state index in [1.807, 2.05) is 0 Å². The molecular formula is C25H18ClF6NO3. The largest absolute Gasteiger partial charge is 0.573 e. The number of ether oxygens (including phenoxy) is 1. The molecule has 3 aromatic carbocycles. The number of aliphatic hydroxyl groups is 1. The predicted octanol–water partition coefficient (Wildman–Crippen LogP) is 6.04. The zero-order valence-electron chi connectivity index (χ0n) is 18.3. The van der Waals surface area contributed by atoms with Crippen molar-refractivity contribution in [3.05, 3.63) is 94.5 Å². The van der Waals surface area contributed by atoms with Crippen LogP contribution in [-0.4, -0.2) is 36.2 Å². The van der Waals surface area contributed by atoms with Crippen molar-refractivity contribution in [1.29, 1.82) is 0 Å². The van der Waals surface area contributed by atoms with Crippen molar-refractivity contribution in [2.45, 2.75) is 30.5 Å². The quantitative estimate of drug-likeness (QED) is 0.396. The molecule has 1 heterocycles. The third-order valence-corrected chi connectivity index (χ3v) is 6.15. The van der Waals surface area contributed by atoms with Crippen molar-refractivity contribution in [2.24, 2.45) is 0 Å². The number of carbonyl (C=O) groups is 1. The van der Waals surface area contributed by atoms with Gasteiger partial charge in [0.25, 0.3) is 0 Å². The molecule has 190 valence electrons. The van der Waals surface area contributed by atoms with Crippen LogP contribution in [-0.2, 0) is 16.6 Å². The number of rotatable bonds is 6. The molecule has 3 aromatic rings. The van der Waals surface area contributed by atoms with E-state index in [1.54, 1.807) is 30.3 Å². The fourth-order valence-corrected chi connectivity index (χ4v) is 4.64. The van der Waals surface area contributed by atoms with Crippen molar-refractivity contribution in [2.75, 3.05) is 11.4 Å². The van der Waals surface area contributed by atoms with Gasteiger partial charge in [-0.05, 0) is 53.4 Å². The first-order chi connectivity index (χ1) is 16.8. The molecule has 0 aromatic heterocycles. The van der Waals surface area contributed by atoms with Crippen molar-refractivity contribution >= 4 is 23.2 Å². The Hall–Kier alpha value is -3.24. The van der Waals surface area contributed by atoms with Gasteiger partial charge in [-0.25, -0.2) is 0 Å². The SMILES string of the molecule is O=C1N(C[C@@H](O)C(F)(F)F)c2ccccc2C1(Cc1cccc(OC(F)(F)F)c1)c1cccc(Cl)c1. The molecule has 11 heteroatoms. The maximum absolute atomic E-state index is 14.0. The number of β-amino-alcohol motifs (C(OH)–C–C–N with tert-alkyl or cyclic N) is 1. The van der Waals surface area contributed by atoms with Gasteiger partial charge in [-0.3, -0.25) is 4.79 Å². The highest BCUT2D eigenvalue weighted by Crippen LogP contribution is 2.49. The first-order valence-corrected chi connectivity index (χ1v) is 11.0. The van der Waals surface area contributed by atoms with Gasteiger partial charge in [0.2, 0.25) is 5.91 Å². The Morgan fingerprint density at radius 3 is 2.31 bits per heavy atom. The van der Waals surface area contributed by atoms with Gasteiger partial charge < -0.3 is 14.7 Å². The Morgan fingerprint density at radius 1 is 0.944 bits per heavy atom. The van der Waals surface area contributed by atoms with Crippen LogP contribution >= 0.6 is 11.6 Å². The van der Waals surface area contributed by atoms with Crippen molar-refractivity contribution < 1.29 is 41.0 Å². The second-order valence-electron chi connectivity index (χ2n) is 8.28. The summed E-state index contributed by atoms with van der Waals surface area (Å²) in [5.74, 6) is -1.29. The van der Waals surface area contributed by atoms with E-state index in [2.05, 4.69) is 4.74 Å². The topological polar surface area (TPSA) is 49.8 Å². The number of aliphatic hydroxyl groups excluding tert-OH is 1. The molecule has 4 rings (SSSR count). The van der Waals surface area contributed by atoms with Gasteiger partial charge in [-0.1, -0.05) is 54.1 Å². The lowest BCUT2D eigenvalue weighted by molar-refractivity contribution is -0.274. The summed E-state index contributed by atoms with van der Waals surface area (Å²) in [6.45, 7) is -1.06. The van der Waals surface area contributed by atoms with Gasteiger partial charge in [-0.15, -0.1) is 13.2 Å². The highest BCUT2D eigenvalue weighted by Gasteiger charge is 2.54. The minimum atomic E-state index is -4.97. The van der Waals surface area contributed by atoms with E-state index in [0.29, 0.717) is 11.1 Å². The molecule has 4 nitrogen and oxygen atoms in total. The molecule has 1 N–H and O–H groups in total. The van der Waals surface area contributed by atoms with E-state index in [9.17, 15) is 36.2 Å². The van der Waals surface area contributed by atoms with Gasteiger partial charge in [0.15, 0.2) is 6.10 Å². The Labute approximate surface area is 206 Å². The molecular weight excluding hydrogens is 512 g/mol. The Kier molecular flexibility index (Phi) is 6.70. The molecule has 0 saturated carbocycles. The molecule has 0 fully saturated rings. The van der Waals surface area contributed by atoms with Crippen LogP contribution in [0.25, 0.3) is 0 Å². The van der Waals surface area contributed by atoms with Crippen LogP contribution in [0.4, 0.5) is 32.0 Å². The Bertz CT molecular complexity index is 1280. The van der Waals surface area contributed by atoms with Crippen LogP contribution in [0.1, 0.15) is 16.7 Å². The number of nitrogens with zero attached hydrogens (tertiary/aromatic N) is 1. The third-order valence-electron chi connectivity index (χ3n) is 5.92. The first kappa shape index (κ1) is 25.8. The molecule has 1 unspecified atom stereocenters. The number of benzene rings is 3. The molecule has 1 amide bonds. The van der Waals surface area contributed by atoms with E-state index in [0.717, 1.165) is 17.0 Å². The number of hydrogen-bond donors (Lipinski definition) is 1. The number of fused-ring (bicyclic) bond motifs is 1. The fourth-order valence-electron chi connectivity index (χ4n) is 4.45. The van der Waals surface area contributed by atoms with E-state index < -0.39 is 42.3 Å². The van der Waals surface area contributed by atoms with E-state index in [1.165, 1.54) is 30.3 Å². The number of halogens is 7. The second kappa shape index (κ2) is 9.33.